The normalized spacial score (nSPS) is 24.6. The highest BCUT2D eigenvalue weighted by Gasteiger charge is 2.42. The van der Waals surface area contributed by atoms with Gasteiger partial charge in [-0.25, -0.2) is 14.8 Å². The molecule has 0 bridgehead atoms. The molecule has 0 spiro atoms. The predicted molar refractivity (Wildman–Crippen MR) is 50.1 cm³/mol. The summed E-state index contributed by atoms with van der Waals surface area (Å²) >= 11 is 5.67. The first-order valence-electron chi connectivity index (χ1n) is 4.33. The fourth-order valence-electron chi connectivity index (χ4n) is 1.46. The molecule has 0 N–H and O–H groups in total. The number of carbonyl (C=O) groups excluding carboxylic acids is 1. The SMILES string of the molecule is CCC1(C)OC(=O)c2cnc(Cl)nc21. The fourth-order valence-corrected chi connectivity index (χ4v) is 1.59. The molecule has 1 atom stereocenters. The first kappa shape index (κ1) is 9.40. The molecule has 0 saturated heterocycles. The van der Waals surface area contributed by atoms with Gasteiger partial charge in [0.1, 0.15) is 11.3 Å². The minimum atomic E-state index is -0.654. The number of cyclic esters (lactones) is 1. The Bertz CT molecular complexity index is 408. The summed E-state index contributed by atoms with van der Waals surface area (Å²) in [5, 5.41) is 0.140. The first-order valence-corrected chi connectivity index (χ1v) is 4.71. The third-order valence-corrected chi connectivity index (χ3v) is 2.65. The topological polar surface area (TPSA) is 52.1 Å². The van der Waals surface area contributed by atoms with E-state index in [4.69, 9.17) is 16.3 Å². The summed E-state index contributed by atoms with van der Waals surface area (Å²) in [5.74, 6) is -0.374. The van der Waals surface area contributed by atoms with Crippen molar-refractivity contribution in [3.63, 3.8) is 0 Å². The summed E-state index contributed by atoms with van der Waals surface area (Å²) in [7, 11) is 0. The number of carbonyl (C=O) groups is 1. The van der Waals surface area contributed by atoms with Gasteiger partial charge in [-0.3, -0.25) is 0 Å². The molecule has 4 nitrogen and oxygen atoms in total. The van der Waals surface area contributed by atoms with Crippen LogP contribution in [-0.2, 0) is 10.3 Å². The van der Waals surface area contributed by atoms with Crippen LogP contribution in [0.4, 0.5) is 0 Å². The van der Waals surface area contributed by atoms with Gasteiger partial charge in [-0.05, 0) is 24.9 Å². The molecule has 0 radical (unpaired) electrons. The van der Waals surface area contributed by atoms with Crippen molar-refractivity contribution in [2.45, 2.75) is 25.9 Å². The Kier molecular flexibility index (Phi) is 1.96. The lowest BCUT2D eigenvalue weighted by Crippen LogP contribution is -2.21. The van der Waals surface area contributed by atoms with E-state index in [0.717, 1.165) is 0 Å². The van der Waals surface area contributed by atoms with E-state index in [2.05, 4.69) is 9.97 Å². The van der Waals surface area contributed by atoms with E-state index in [-0.39, 0.29) is 11.3 Å². The zero-order valence-electron chi connectivity index (χ0n) is 7.87. The summed E-state index contributed by atoms with van der Waals surface area (Å²) in [4.78, 5) is 19.2. The van der Waals surface area contributed by atoms with Gasteiger partial charge in [0, 0.05) is 6.20 Å². The number of hydrogen-bond acceptors (Lipinski definition) is 4. The van der Waals surface area contributed by atoms with Gasteiger partial charge in [-0.2, -0.15) is 0 Å². The number of aromatic nitrogens is 2. The van der Waals surface area contributed by atoms with E-state index in [1.54, 1.807) is 0 Å². The molecule has 1 aromatic rings. The Morgan fingerprint density at radius 2 is 2.36 bits per heavy atom. The predicted octanol–water partition coefficient (Wildman–Crippen LogP) is 1.93. The molecule has 1 aliphatic rings. The second-order valence-electron chi connectivity index (χ2n) is 3.38. The number of esters is 1. The van der Waals surface area contributed by atoms with Crippen LogP contribution >= 0.6 is 11.6 Å². The quantitative estimate of drug-likeness (QED) is 0.527. The highest BCUT2D eigenvalue weighted by Crippen LogP contribution is 2.37. The molecular formula is C9H9ClN2O2. The highest BCUT2D eigenvalue weighted by atomic mass is 35.5. The van der Waals surface area contributed by atoms with Crippen molar-refractivity contribution < 1.29 is 9.53 Å². The lowest BCUT2D eigenvalue weighted by molar-refractivity contribution is -0.00223. The molecular weight excluding hydrogens is 204 g/mol. The molecule has 1 aromatic heterocycles. The largest absolute Gasteiger partial charge is 0.449 e. The maximum absolute atomic E-state index is 11.4. The van der Waals surface area contributed by atoms with Crippen LogP contribution in [0, 0.1) is 0 Å². The minimum Gasteiger partial charge on any atom is -0.449 e. The minimum absolute atomic E-state index is 0.140. The molecule has 0 aromatic carbocycles. The van der Waals surface area contributed by atoms with Crippen molar-refractivity contribution in [3.8, 4) is 0 Å². The van der Waals surface area contributed by atoms with Gasteiger partial charge < -0.3 is 4.74 Å². The lowest BCUT2D eigenvalue weighted by atomic mass is 9.98. The van der Waals surface area contributed by atoms with Gasteiger partial charge in [0.25, 0.3) is 0 Å². The monoisotopic (exact) mass is 212 g/mol. The molecule has 2 rings (SSSR count). The number of ether oxygens (including phenoxy) is 1. The summed E-state index contributed by atoms with van der Waals surface area (Å²) in [6, 6.07) is 0. The maximum Gasteiger partial charge on any atom is 0.342 e. The summed E-state index contributed by atoms with van der Waals surface area (Å²) in [5.41, 5.74) is 0.350. The van der Waals surface area contributed by atoms with Crippen LogP contribution < -0.4 is 0 Å². The van der Waals surface area contributed by atoms with Crippen molar-refractivity contribution in [1.82, 2.24) is 9.97 Å². The van der Waals surface area contributed by atoms with Crippen LogP contribution in [0.2, 0.25) is 5.28 Å². The molecule has 0 saturated carbocycles. The zero-order valence-corrected chi connectivity index (χ0v) is 8.63. The zero-order chi connectivity index (χ0) is 10.3. The third kappa shape index (κ3) is 1.18. The second kappa shape index (κ2) is 2.92. The third-order valence-electron chi connectivity index (χ3n) is 2.47. The number of halogens is 1. The standard InChI is InChI=1S/C9H9ClN2O2/c1-3-9(2)6-5(7(13)14-9)4-11-8(10)12-6/h4H,3H2,1-2H3. The van der Waals surface area contributed by atoms with Crippen molar-refractivity contribution in [1.29, 1.82) is 0 Å². The Hall–Kier alpha value is -1.16. The molecule has 1 aliphatic heterocycles. The molecule has 0 amide bonds. The van der Waals surface area contributed by atoms with E-state index in [1.165, 1.54) is 6.20 Å². The van der Waals surface area contributed by atoms with Crippen LogP contribution in [0.3, 0.4) is 0 Å². The van der Waals surface area contributed by atoms with Crippen LogP contribution in [0.1, 0.15) is 36.3 Å². The van der Waals surface area contributed by atoms with Gasteiger partial charge >= 0.3 is 5.97 Å². The lowest BCUT2D eigenvalue weighted by Gasteiger charge is -2.20. The van der Waals surface area contributed by atoms with Crippen LogP contribution in [0.5, 0.6) is 0 Å². The summed E-state index contributed by atoms with van der Waals surface area (Å²) in [6.45, 7) is 3.75. The Morgan fingerprint density at radius 3 is 3.00 bits per heavy atom. The van der Waals surface area contributed by atoms with Gasteiger partial charge in [-0.15, -0.1) is 0 Å². The molecule has 0 fully saturated rings. The molecule has 14 heavy (non-hydrogen) atoms. The van der Waals surface area contributed by atoms with Crippen LogP contribution in [0.15, 0.2) is 6.20 Å². The van der Waals surface area contributed by atoms with E-state index < -0.39 is 5.60 Å². The van der Waals surface area contributed by atoms with E-state index in [1.807, 2.05) is 13.8 Å². The van der Waals surface area contributed by atoms with Crippen LogP contribution in [-0.4, -0.2) is 15.9 Å². The second-order valence-corrected chi connectivity index (χ2v) is 3.71. The first-order chi connectivity index (χ1) is 6.57. The Labute approximate surface area is 86.3 Å². The summed E-state index contributed by atoms with van der Waals surface area (Å²) in [6.07, 6.45) is 2.08. The van der Waals surface area contributed by atoms with Crippen molar-refractivity contribution in [2.75, 3.05) is 0 Å². The molecule has 2 heterocycles. The number of hydrogen-bond donors (Lipinski definition) is 0. The van der Waals surface area contributed by atoms with Crippen molar-refractivity contribution >= 4 is 17.6 Å². The Morgan fingerprint density at radius 1 is 1.64 bits per heavy atom. The van der Waals surface area contributed by atoms with Crippen molar-refractivity contribution in [3.05, 3.63) is 22.7 Å². The Balaban J connectivity index is 2.62. The molecule has 5 heteroatoms. The van der Waals surface area contributed by atoms with E-state index in [9.17, 15) is 4.79 Å². The van der Waals surface area contributed by atoms with Crippen molar-refractivity contribution in [2.24, 2.45) is 0 Å². The number of rotatable bonds is 1. The average Bonchev–Trinajstić information content (AvgIpc) is 2.40. The maximum atomic E-state index is 11.4. The number of nitrogens with zero attached hydrogens (tertiary/aromatic N) is 2. The summed E-state index contributed by atoms with van der Waals surface area (Å²) < 4.78 is 5.22. The smallest absolute Gasteiger partial charge is 0.342 e. The molecule has 74 valence electrons. The average molecular weight is 213 g/mol. The van der Waals surface area contributed by atoms with E-state index in [0.29, 0.717) is 17.7 Å². The number of fused-ring (bicyclic) bond motifs is 1. The molecule has 0 aliphatic carbocycles. The van der Waals surface area contributed by atoms with Gasteiger partial charge in [0.2, 0.25) is 5.28 Å². The fraction of sp³-hybridized carbons (Fsp3) is 0.444. The molecule has 1 unspecified atom stereocenters. The van der Waals surface area contributed by atoms with Gasteiger partial charge in [0.05, 0.1) is 0 Å². The van der Waals surface area contributed by atoms with Crippen LogP contribution in [0.25, 0.3) is 0 Å². The van der Waals surface area contributed by atoms with Gasteiger partial charge in [0.15, 0.2) is 5.60 Å². The highest BCUT2D eigenvalue weighted by molar-refractivity contribution is 6.28. The van der Waals surface area contributed by atoms with E-state index >= 15 is 0 Å². The van der Waals surface area contributed by atoms with Gasteiger partial charge in [-0.1, -0.05) is 6.92 Å².